The summed E-state index contributed by atoms with van der Waals surface area (Å²) < 4.78 is 5.29. The number of carbonyl (C=O) groups excluding carboxylic acids is 1. The number of hydrogen-bond donors (Lipinski definition) is 2. The highest BCUT2D eigenvalue weighted by Crippen LogP contribution is 2.19. The summed E-state index contributed by atoms with van der Waals surface area (Å²) in [5, 5.41) is 6.39. The number of amides is 1. The molecule has 4 nitrogen and oxygen atoms in total. The zero-order valence-corrected chi connectivity index (χ0v) is 11.2. The number of piperidine rings is 1. The fourth-order valence-corrected chi connectivity index (χ4v) is 2.41. The molecule has 1 amide bonds. The van der Waals surface area contributed by atoms with Crippen LogP contribution in [0.4, 0.5) is 0 Å². The molecule has 1 aromatic heterocycles. The molecule has 0 spiro atoms. The molecule has 0 radical (unpaired) electrons. The zero-order chi connectivity index (χ0) is 13.0. The van der Waals surface area contributed by atoms with Crippen LogP contribution in [-0.2, 0) is 11.2 Å². The zero-order valence-electron chi connectivity index (χ0n) is 11.2. The van der Waals surface area contributed by atoms with Gasteiger partial charge in [0.2, 0.25) is 5.91 Å². The van der Waals surface area contributed by atoms with E-state index in [0.29, 0.717) is 0 Å². The molecule has 2 unspecified atom stereocenters. The van der Waals surface area contributed by atoms with E-state index >= 15 is 0 Å². The Morgan fingerprint density at radius 3 is 3.06 bits per heavy atom. The molecule has 0 bridgehead atoms. The van der Waals surface area contributed by atoms with E-state index in [1.165, 1.54) is 0 Å². The van der Waals surface area contributed by atoms with Crippen molar-refractivity contribution < 1.29 is 9.21 Å². The molecule has 100 valence electrons. The first-order chi connectivity index (χ1) is 8.60. The van der Waals surface area contributed by atoms with E-state index in [4.69, 9.17) is 4.42 Å². The SMILES string of the molecule is CC(Cc1ccco1)NC(=O)C1(C)CCCCN1. The smallest absolute Gasteiger partial charge is 0.240 e. The lowest BCUT2D eigenvalue weighted by molar-refractivity contribution is -0.128. The van der Waals surface area contributed by atoms with Crippen molar-refractivity contribution in [2.45, 2.75) is 51.1 Å². The lowest BCUT2D eigenvalue weighted by Gasteiger charge is -2.34. The Morgan fingerprint density at radius 1 is 1.61 bits per heavy atom. The van der Waals surface area contributed by atoms with Crippen LogP contribution < -0.4 is 10.6 Å². The average Bonchev–Trinajstić information content (AvgIpc) is 2.82. The summed E-state index contributed by atoms with van der Waals surface area (Å²) in [6, 6.07) is 3.89. The van der Waals surface area contributed by atoms with Crippen molar-refractivity contribution in [3.8, 4) is 0 Å². The standard InChI is InChI=1S/C14H22N2O2/c1-11(10-12-6-5-9-18-12)16-13(17)14(2)7-3-4-8-15-14/h5-6,9,11,15H,3-4,7-8,10H2,1-2H3,(H,16,17). The summed E-state index contributed by atoms with van der Waals surface area (Å²) in [4.78, 5) is 12.3. The third-order valence-electron chi connectivity index (χ3n) is 3.58. The fraction of sp³-hybridized carbons (Fsp3) is 0.643. The van der Waals surface area contributed by atoms with Crippen molar-refractivity contribution >= 4 is 5.91 Å². The largest absolute Gasteiger partial charge is 0.469 e. The van der Waals surface area contributed by atoms with E-state index in [0.717, 1.165) is 38.0 Å². The Balaban J connectivity index is 1.86. The second-order valence-electron chi connectivity index (χ2n) is 5.37. The van der Waals surface area contributed by atoms with Gasteiger partial charge in [-0.05, 0) is 51.8 Å². The first-order valence-electron chi connectivity index (χ1n) is 6.68. The van der Waals surface area contributed by atoms with Gasteiger partial charge in [0, 0.05) is 12.5 Å². The summed E-state index contributed by atoms with van der Waals surface area (Å²) in [5.74, 6) is 1.01. The van der Waals surface area contributed by atoms with E-state index in [9.17, 15) is 4.79 Å². The van der Waals surface area contributed by atoms with Crippen LogP contribution in [0.1, 0.15) is 38.9 Å². The van der Waals surface area contributed by atoms with Gasteiger partial charge < -0.3 is 15.1 Å². The number of nitrogens with one attached hydrogen (secondary N) is 2. The summed E-state index contributed by atoms with van der Waals surface area (Å²) in [6.45, 7) is 4.92. The Kier molecular flexibility index (Phi) is 4.07. The molecule has 0 aliphatic carbocycles. The Labute approximate surface area is 108 Å². The topological polar surface area (TPSA) is 54.3 Å². The van der Waals surface area contributed by atoms with Gasteiger partial charge in [-0.2, -0.15) is 0 Å². The van der Waals surface area contributed by atoms with Crippen molar-refractivity contribution in [3.05, 3.63) is 24.2 Å². The Morgan fingerprint density at radius 2 is 2.44 bits per heavy atom. The van der Waals surface area contributed by atoms with E-state index in [2.05, 4.69) is 10.6 Å². The van der Waals surface area contributed by atoms with Gasteiger partial charge in [0.25, 0.3) is 0 Å². The minimum Gasteiger partial charge on any atom is -0.469 e. The van der Waals surface area contributed by atoms with Gasteiger partial charge in [0.15, 0.2) is 0 Å². The van der Waals surface area contributed by atoms with Crippen molar-refractivity contribution in [2.24, 2.45) is 0 Å². The molecule has 1 aliphatic heterocycles. The molecule has 1 fully saturated rings. The molecule has 1 aromatic rings. The summed E-state index contributed by atoms with van der Waals surface area (Å²) in [5.41, 5.74) is -0.407. The van der Waals surface area contributed by atoms with Crippen molar-refractivity contribution in [2.75, 3.05) is 6.54 Å². The van der Waals surface area contributed by atoms with Crippen LogP contribution in [0.3, 0.4) is 0 Å². The molecule has 1 saturated heterocycles. The van der Waals surface area contributed by atoms with Gasteiger partial charge in [-0.15, -0.1) is 0 Å². The molecule has 1 aliphatic rings. The molecule has 4 heteroatoms. The van der Waals surface area contributed by atoms with Crippen LogP contribution in [0.5, 0.6) is 0 Å². The molecule has 0 saturated carbocycles. The third-order valence-corrected chi connectivity index (χ3v) is 3.58. The van der Waals surface area contributed by atoms with E-state index in [1.54, 1.807) is 6.26 Å². The second-order valence-corrected chi connectivity index (χ2v) is 5.37. The second kappa shape index (κ2) is 5.57. The van der Waals surface area contributed by atoms with E-state index in [1.807, 2.05) is 26.0 Å². The molecule has 2 N–H and O–H groups in total. The van der Waals surface area contributed by atoms with Crippen molar-refractivity contribution in [1.82, 2.24) is 10.6 Å². The first-order valence-corrected chi connectivity index (χ1v) is 6.68. The molecular weight excluding hydrogens is 228 g/mol. The predicted molar refractivity (Wildman–Crippen MR) is 70.3 cm³/mol. The third kappa shape index (κ3) is 3.13. The number of rotatable bonds is 4. The quantitative estimate of drug-likeness (QED) is 0.857. The first kappa shape index (κ1) is 13.1. The van der Waals surface area contributed by atoms with E-state index < -0.39 is 5.54 Å². The van der Waals surface area contributed by atoms with Gasteiger partial charge in [0.05, 0.1) is 11.8 Å². The lowest BCUT2D eigenvalue weighted by atomic mass is 9.90. The highest BCUT2D eigenvalue weighted by atomic mass is 16.3. The maximum atomic E-state index is 12.3. The van der Waals surface area contributed by atoms with Crippen LogP contribution in [0.15, 0.2) is 22.8 Å². The Bertz CT molecular complexity index is 381. The summed E-state index contributed by atoms with van der Waals surface area (Å²) in [7, 11) is 0. The van der Waals surface area contributed by atoms with E-state index in [-0.39, 0.29) is 11.9 Å². The van der Waals surface area contributed by atoms with Gasteiger partial charge in [-0.3, -0.25) is 4.79 Å². The van der Waals surface area contributed by atoms with Crippen LogP contribution in [-0.4, -0.2) is 24.0 Å². The van der Waals surface area contributed by atoms with Gasteiger partial charge >= 0.3 is 0 Å². The van der Waals surface area contributed by atoms with Crippen molar-refractivity contribution in [1.29, 1.82) is 0 Å². The van der Waals surface area contributed by atoms with Crippen molar-refractivity contribution in [3.63, 3.8) is 0 Å². The fourth-order valence-electron chi connectivity index (χ4n) is 2.41. The monoisotopic (exact) mass is 250 g/mol. The van der Waals surface area contributed by atoms with Gasteiger partial charge in [-0.25, -0.2) is 0 Å². The highest BCUT2D eigenvalue weighted by molar-refractivity contribution is 5.86. The van der Waals surface area contributed by atoms with Crippen LogP contribution in [0, 0.1) is 0 Å². The van der Waals surface area contributed by atoms with Crippen LogP contribution in [0.25, 0.3) is 0 Å². The van der Waals surface area contributed by atoms with Gasteiger partial charge in [0.1, 0.15) is 5.76 Å². The summed E-state index contributed by atoms with van der Waals surface area (Å²) >= 11 is 0. The molecule has 0 aromatic carbocycles. The average molecular weight is 250 g/mol. The maximum absolute atomic E-state index is 12.3. The Hall–Kier alpha value is -1.29. The minimum atomic E-state index is -0.407. The molecular formula is C14H22N2O2. The number of furan rings is 1. The van der Waals surface area contributed by atoms with Crippen LogP contribution in [0.2, 0.25) is 0 Å². The minimum absolute atomic E-state index is 0.0872. The number of carbonyl (C=O) groups is 1. The lowest BCUT2D eigenvalue weighted by Crippen LogP contribution is -2.58. The predicted octanol–water partition coefficient (Wildman–Crippen LogP) is 1.86. The molecule has 18 heavy (non-hydrogen) atoms. The normalized spacial score (nSPS) is 25.7. The van der Waals surface area contributed by atoms with Crippen LogP contribution >= 0.6 is 0 Å². The summed E-state index contributed by atoms with van der Waals surface area (Å²) in [6.07, 6.45) is 5.57. The molecule has 2 rings (SSSR count). The highest BCUT2D eigenvalue weighted by Gasteiger charge is 2.34. The molecule has 2 atom stereocenters. The molecule has 2 heterocycles. The number of hydrogen-bond acceptors (Lipinski definition) is 3. The maximum Gasteiger partial charge on any atom is 0.240 e. The van der Waals surface area contributed by atoms with Gasteiger partial charge in [-0.1, -0.05) is 0 Å².